The van der Waals surface area contributed by atoms with E-state index in [0.29, 0.717) is 24.4 Å². The first-order valence-electron chi connectivity index (χ1n) is 5.39. The Morgan fingerprint density at radius 2 is 2.11 bits per heavy atom. The highest BCUT2D eigenvalue weighted by molar-refractivity contribution is 9.10. The molecule has 0 aliphatic heterocycles. The van der Waals surface area contributed by atoms with Crippen molar-refractivity contribution >= 4 is 37.3 Å². The summed E-state index contributed by atoms with van der Waals surface area (Å²) < 4.78 is 31.0. The summed E-state index contributed by atoms with van der Waals surface area (Å²) in [5.41, 5.74) is 6.71. The molecule has 0 unspecified atom stereocenters. The molecule has 0 aliphatic carbocycles. The number of rotatable bonds is 6. The number of sulfonamides is 1. The zero-order valence-electron chi connectivity index (χ0n) is 10.4. The molecule has 1 rings (SSSR count). The van der Waals surface area contributed by atoms with E-state index in [1.54, 1.807) is 25.3 Å². The highest BCUT2D eigenvalue weighted by Gasteiger charge is 2.19. The van der Waals surface area contributed by atoms with Gasteiger partial charge < -0.3 is 10.5 Å². The van der Waals surface area contributed by atoms with E-state index in [-0.39, 0.29) is 5.75 Å². The van der Waals surface area contributed by atoms with Crippen LogP contribution in [-0.4, -0.2) is 34.9 Å². The van der Waals surface area contributed by atoms with Crippen molar-refractivity contribution in [1.82, 2.24) is 0 Å². The van der Waals surface area contributed by atoms with Crippen LogP contribution >= 0.6 is 15.9 Å². The topological polar surface area (TPSA) is 72.6 Å². The fraction of sp³-hybridized carbons (Fsp3) is 0.455. The number of anilines is 2. The smallest absolute Gasteiger partial charge is 0.235 e. The molecular formula is C11H17BrN2O3S. The summed E-state index contributed by atoms with van der Waals surface area (Å²) in [7, 11) is -0.316. The summed E-state index contributed by atoms with van der Waals surface area (Å²) in [6, 6.07) is 5.11. The fourth-order valence-corrected chi connectivity index (χ4v) is 3.09. The third-order valence-corrected chi connectivity index (χ3v) is 4.83. The summed E-state index contributed by atoms with van der Waals surface area (Å²) in [4.78, 5) is 0. The van der Waals surface area contributed by atoms with Gasteiger partial charge in [0.1, 0.15) is 0 Å². The monoisotopic (exact) mass is 336 g/mol. The minimum Gasteiger partial charge on any atom is -0.397 e. The van der Waals surface area contributed by atoms with Crippen LogP contribution in [0.1, 0.15) is 6.42 Å². The van der Waals surface area contributed by atoms with Crippen LogP contribution in [-0.2, 0) is 14.8 Å². The van der Waals surface area contributed by atoms with Crippen molar-refractivity contribution in [3.8, 4) is 0 Å². The zero-order chi connectivity index (χ0) is 13.8. The Bertz CT molecular complexity index is 505. The first kappa shape index (κ1) is 15.3. The predicted molar refractivity (Wildman–Crippen MR) is 77.2 cm³/mol. The molecule has 0 fully saturated rings. The number of nitrogens with zero attached hydrogens (tertiary/aromatic N) is 1. The lowest BCUT2D eigenvalue weighted by Gasteiger charge is -2.21. The Morgan fingerprint density at radius 3 is 2.67 bits per heavy atom. The maximum atomic E-state index is 12.0. The van der Waals surface area contributed by atoms with Crippen molar-refractivity contribution in [2.24, 2.45) is 0 Å². The van der Waals surface area contributed by atoms with Gasteiger partial charge in [0.05, 0.1) is 17.1 Å². The van der Waals surface area contributed by atoms with E-state index in [0.717, 1.165) is 4.47 Å². The van der Waals surface area contributed by atoms with Gasteiger partial charge in [-0.1, -0.05) is 15.9 Å². The van der Waals surface area contributed by atoms with E-state index in [9.17, 15) is 8.42 Å². The number of nitrogens with two attached hydrogens (primary N) is 1. The van der Waals surface area contributed by atoms with E-state index in [1.165, 1.54) is 11.4 Å². The lowest BCUT2D eigenvalue weighted by atomic mass is 10.3. The minimum atomic E-state index is -3.36. The molecule has 0 spiro atoms. The van der Waals surface area contributed by atoms with Crippen LogP contribution in [0.25, 0.3) is 0 Å². The van der Waals surface area contributed by atoms with Crippen LogP contribution in [0.15, 0.2) is 22.7 Å². The highest BCUT2D eigenvalue weighted by Crippen LogP contribution is 2.27. The molecule has 7 heteroatoms. The number of benzene rings is 1. The average molecular weight is 337 g/mol. The molecule has 0 aliphatic rings. The van der Waals surface area contributed by atoms with Crippen molar-refractivity contribution in [2.45, 2.75) is 6.42 Å². The maximum Gasteiger partial charge on any atom is 0.235 e. The second-order valence-electron chi connectivity index (χ2n) is 3.83. The molecule has 5 nitrogen and oxygen atoms in total. The molecule has 0 aromatic heterocycles. The van der Waals surface area contributed by atoms with Gasteiger partial charge in [0.15, 0.2) is 0 Å². The van der Waals surface area contributed by atoms with Gasteiger partial charge in [0, 0.05) is 25.2 Å². The van der Waals surface area contributed by atoms with Crippen molar-refractivity contribution in [3.05, 3.63) is 22.7 Å². The molecule has 0 amide bonds. The maximum absolute atomic E-state index is 12.0. The second kappa shape index (κ2) is 6.40. The largest absolute Gasteiger partial charge is 0.397 e. The minimum absolute atomic E-state index is 0.0346. The number of methoxy groups -OCH3 is 1. The van der Waals surface area contributed by atoms with E-state index < -0.39 is 10.0 Å². The lowest BCUT2D eigenvalue weighted by Crippen LogP contribution is -2.30. The SMILES string of the molecule is COCCCS(=O)(=O)N(C)c1ccc(Br)cc1N. The van der Waals surface area contributed by atoms with E-state index >= 15 is 0 Å². The third-order valence-electron chi connectivity index (χ3n) is 2.50. The number of hydrogen-bond donors (Lipinski definition) is 1. The normalized spacial score (nSPS) is 11.5. The van der Waals surface area contributed by atoms with Gasteiger partial charge >= 0.3 is 0 Å². The van der Waals surface area contributed by atoms with Gasteiger partial charge in [-0.05, 0) is 24.6 Å². The summed E-state index contributed by atoms with van der Waals surface area (Å²) in [5.74, 6) is 0.0346. The quantitative estimate of drug-likeness (QED) is 0.635. The van der Waals surface area contributed by atoms with Crippen LogP contribution in [0, 0.1) is 0 Å². The molecule has 0 atom stereocenters. The fourth-order valence-electron chi connectivity index (χ4n) is 1.48. The Morgan fingerprint density at radius 1 is 1.44 bits per heavy atom. The van der Waals surface area contributed by atoms with Gasteiger partial charge in [-0.3, -0.25) is 4.31 Å². The molecule has 18 heavy (non-hydrogen) atoms. The van der Waals surface area contributed by atoms with Crippen LogP contribution in [0.5, 0.6) is 0 Å². The number of hydrogen-bond acceptors (Lipinski definition) is 4. The van der Waals surface area contributed by atoms with Crippen LogP contribution in [0.4, 0.5) is 11.4 Å². The standard InChI is InChI=1S/C11H17BrN2O3S/c1-14(18(15,16)7-3-6-17-2)11-5-4-9(12)8-10(11)13/h4-5,8H,3,6-7,13H2,1-2H3. The molecule has 0 saturated heterocycles. The molecule has 0 saturated carbocycles. The van der Waals surface area contributed by atoms with Gasteiger partial charge in [-0.15, -0.1) is 0 Å². The molecule has 2 N–H and O–H groups in total. The summed E-state index contributed by atoms with van der Waals surface area (Å²) in [6.07, 6.45) is 0.458. The van der Waals surface area contributed by atoms with Gasteiger partial charge in [0.25, 0.3) is 0 Å². The Balaban J connectivity index is 2.88. The van der Waals surface area contributed by atoms with Gasteiger partial charge in [0.2, 0.25) is 10.0 Å². The summed E-state index contributed by atoms with van der Waals surface area (Å²) in [6.45, 7) is 0.420. The van der Waals surface area contributed by atoms with Crippen molar-refractivity contribution in [1.29, 1.82) is 0 Å². The van der Waals surface area contributed by atoms with Crippen molar-refractivity contribution in [3.63, 3.8) is 0 Å². The Hall–Kier alpha value is -0.790. The van der Waals surface area contributed by atoms with Crippen molar-refractivity contribution in [2.75, 3.05) is 36.6 Å². The van der Waals surface area contributed by atoms with Gasteiger partial charge in [-0.25, -0.2) is 8.42 Å². The first-order chi connectivity index (χ1) is 8.38. The van der Waals surface area contributed by atoms with Gasteiger partial charge in [-0.2, -0.15) is 0 Å². The third kappa shape index (κ3) is 3.86. The summed E-state index contributed by atoms with van der Waals surface area (Å²) >= 11 is 3.28. The van der Waals surface area contributed by atoms with E-state index in [4.69, 9.17) is 10.5 Å². The number of ether oxygens (including phenoxy) is 1. The molecular weight excluding hydrogens is 320 g/mol. The van der Waals surface area contributed by atoms with E-state index in [2.05, 4.69) is 15.9 Å². The molecule has 102 valence electrons. The van der Waals surface area contributed by atoms with Crippen molar-refractivity contribution < 1.29 is 13.2 Å². The summed E-state index contributed by atoms with van der Waals surface area (Å²) in [5, 5.41) is 0. The Kier molecular flexibility index (Phi) is 5.43. The molecule has 1 aromatic rings. The molecule has 1 aromatic carbocycles. The molecule has 0 bridgehead atoms. The molecule has 0 radical (unpaired) electrons. The second-order valence-corrected chi connectivity index (χ2v) is 6.87. The lowest BCUT2D eigenvalue weighted by molar-refractivity contribution is 0.199. The van der Waals surface area contributed by atoms with Crippen LogP contribution in [0.3, 0.4) is 0 Å². The number of halogens is 1. The predicted octanol–water partition coefficient (Wildman–Crippen LogP) is 1.83. The van der Waals surface area contributed by atoms with E-state index in [1.807, 2.05) is 0 Å². The van der Waals surface area contributed by atoms with Crippen LogP contribution in [0.2, 0.25) is 0 Å². The van der Waals surface area contributed by atoms with Crippen LogP contribution < -0.4 is 10.0 Å². The Labute approximate surface area is 116 Å². The number of nitrogen functional groups attached to an aromatic ring is 1. The molecule has 0 heterocycles. The first-order valence-corrected chi connectivity index (χ1v) is 7.79. The highest BCUT2D eigenvalue weighted by atomic mass is 79.9. The zero-order valence-corrected chi connectivity index (χ0v) is 12.8. The average Bonchev–Trinajstić information content (AvgIpc) is 2.28.